The van der Waals surface area contributed by atoms with E-state index in [1.54, 1.807) is 6.07 Å². The minimum absolute atomic E-state index is 0.0399. The van der Waals surface area contributed by atoms with Gasteiger partial charge in [-0.1, -0.05) is 11.6 Å². The number of nitrogens with zero attached hydrogens (tertiary/aromatic N) is 5. The van der Waals surface area contributed by atoms with Gasteiger partial charge in [-0.15, -0.1) is 5.10 Å². The lowest BCUT2D eigenvalue weighted by molar-refractivity contribution is -0.129. The maximum Gasteiger partial charge on any atom is 0.293 e. The molecule has 0 aliphatic heterocycles. The third-order valence-corrected chi connectivity index (χ3v) is 2.13. The van der Waals surface area contributed by atoms with E-state index in [0.717, 1.165) is 0 Å². The summed E-state index contributed by atoms with van der Waals surface area (Å²) in [5, 5.41) is 11.1. The van der Waals surface area contributed by atoms with Crippen molar-refractivity contribution < 1.29 is 9.53 Å². The van der Waals surface area contributed by atoms with E-state index in [4.69, 9.17) is 11.6 Å². The smallest absolute Gasteiger partial charge is 0.293 e. The van der Waals surface area contributed by atoms with Gasteiger partial charge in [0.1, 0.15) is 12.9 Å². The average molecular weight is 240 g/mol. The van der Waals surface area contributed by atoms with Gasteiger partial charge in [-0.3, -0.25) is 9.78 Å². The molecular weight excluding hydrogens is 234 g/mol. The molecular formula is C8H6ClN5O2. The third kappa shape index (κ3) is 2.14. The molecule has 2 rings (SSSR count). The SMILES string of the molecule is O=COCc1ncc(-n2cnnn2)cc1Cl. The number of carbonyl (C=O) groups is 1. The molecule has 0 radical (unpaired) electrons. The molecule has 2 aromatic heterocycles. The number of pyridine rings is 1. The molecule has 0 spiro atoms. The molecule has 0 atom stereocenters. The van der Waals surface area contributed by atoms with Crippen LogP contribution >= 0.6 is 11.6 Å². The van der Waals surface area contributed by atoms with Crippen molar-refractivity contribution in [2.75, 3.05) is 0 Å². The van der Waals surface area contributed by atoms with E-state index in [2.05, 4.69) is 25.2 Å². The Balaban J connectivity index is 2.26. The summed E-state index contributed by atoms with van der Waals surface area (Å²) in [7, 11) is 0. The van der Waals surface area contributed by atoms with Gasteiger partial charge >= 0.3 is 0 Å². The van der Waals surface area contributed by atoms with Crippen LogP contribution in [0.4, 0.5) is 0 Å². The molecule has 0 aromatic carbocycles. The molecule has 2 heterocycles. The molecule has 0 unspecified atom stereocenters. The van der Waals surface area contributed by atoms with Gasteiger partial charge in [-0.05, 0) is 16.5 Å². The maximum atomic E-state index is 10.0. The highest BCUT2D eigenvalue weighted by Gasteiger charge is 2.06. The molecule has 0 aliphatic carbocycles. The number of rotatable bonds is 4. The van der Waals surface area contributed by atoms with Gasteiger partial charge in [0.15, 0.2) is 0 Å². The van der Waals surface area contributed by atoms with Crippen LogP contribution in [-0.2, 0) is 16.1 Å². The van der Waals surface area contributed by atoms with Gasteiger partial charge in [0.05, 0.1) is 22.6 Å². The summed E-state index contributed by atoms with van der Waals surface area (Å²) in [6.07, 6.45) is 2.96. The summed E-state index contributed by atoms with van der Waals surface area (Å²) in [6, 6.07) is 1.63. The van der Waals surface area contributed by atoms with Crippen LogP contribution in [0.1, 0.15) is 5.69 Å². The van der Waals surface area contributed by atoms with E-state index >= 15 is 0 Å². The van der Waals surface area contributed by atoms with Crippen molar-refractivity contribution in [2.45, 2.75) is 6.61 Å². The molecule has 82 valence electrons. The highest BCUT2D eigenvalue weighted by molar-refractivity contribution is 6.31. The number of halogens is 1. The second-order valence-electron chi connectivity index (χ2n) is 2.78. The Hall–Kier alpha value is -2.02. The van der Waals surface area contributed by atoms with Crippen LogP contribution in [0.25, 0.3) is 5.69 Å². The van der Waals surface area contributed by atoms with E-state index in [1.165, 1.54) is 17.2 Å². The van der Waals surface area contributed by atoms with E-state index in [9.17, 15) is 4.79 Å². The summed E-state index contributed by atoms with van der Waals surface area (Å²) in [5.74, 6) is 0. The molecule has 0 N–H and O–H groups in total. The maximum absolute atomic E-state index is 10.0. The molecule has 0 bridgehead atoms. The Morgan fingerprint density at radius 2 is 2.44 bits per heavy atom. The fourth-order valence-electron chi connectivity index (χ4n) is 1.08. The molecule has 0 amide bonds. The summed E-state index contributed by atoms with van der Waals surface area (Å²) < 4.78 is 5.98. The first-order valence-electron chi connectivity index (χ1n) is 4.24. The van der Waals surface area contributed by atoms with Crippen molar-refractivity contribution in [1.29, 1.82) is 0 Å². The van der Waals surface area contributed by atoms with Crippen molar-refractivity contribution in [3.05, 3.63) is 29.3 Å². The Kier molecular flexibility index (Phi) is 3.06. The van der Waals surface area contributed by atoms with Crippen molar-refractivity contribution in [1.82, 2.24) is 25.2 Å². The lowest BCUT2D eigenvalue weighted by Crippen LogP contribution is -2.00. The molecule has 0 fully saturated rings. The second-order valence-corrected chi connectivity index (χ2v) is 3.19. The number of hydrogen-bond donors (Lipinski definition) is 0. The van der Waals surface area contributed by atoms with Crippen LogP contribution in [0.5, 0.6) is 0 Å². The predicted octanol–water partition coefficient (Wildman–Crippen LogP) is 0.384. The van der Waals surface area contributed by atoms with E-state index in [0.29, 0.717) is 22.9 Å². The fraction of sp³-hybridized carbons (Fsp3) is 0.125. The number of tetrazole rings is 1. The zero-order valence-electron chi connectivity index (χ0n) is 7.95. The first kappa shape index (κ1) is 10.5. The topological polar surface area (TPSA) is 82.8 Å². The number of ether oxygens (including phenoxy) is 1. The first-order valence-corrected chi connectivity index (χ1v) is 4.62. The normalized spacial score (nSPS) is 10.1. The van der Waals surface area contributed by atoms with E-state index < -0.39 is 0 Å². The Bertz CT molecular complexity index is 487. The zero-order valence-corrected chi connectivity index (χ0v) is 8.70. The van der Waals surface area contributed by atoms with Crippen LogP contribution < -0.4 is 0 Å². The van der Waals surface area contributed by atoms with Gasteiger partial charge in [0, 0.05) is 0 Å². The minimum Gasteiger partial charge on any atom is -0.461 e. The van der Waals surface area contributed by atoms with Gasteiger partial charge in [-0.25, -0.2) is 0 Å². The Labute approximate surface area is 95.0 Å². The average Bonchev–Trinajstić information content (AvgIpc) is 2.81. The van der Waals surface area contributed by atoms with Crippen molar-refractivity contribution in [3.8, 4) is 5.69 Å². The van der Waals surface area contributed by atoms with Gasteiger partial charge in [-0.2, -0.15) is 4.68 Å². The van der Waals surface area contributed by atoms with Crippen LogP contribution in [0.2, 0.25) is 5.02 Å². The van der Waals surface area contributed by atoms with Gasteiger partial charge in [0.2, 0.25) is 0 Å². The summed E-state index contributed by atoms with van der Waals surface area (Å²) >= 11 is 5.94. The number of carbonyl (C=O) groups excluding carboxylic acids is 1. The largest absolute Gasteiger partial charge is 0.461 e. The van der Waals surface area contributed by atoms with Crippen molar-refractivity contribution in [3.63, 3.8) is 0 Å². The molecule has 7 nitrogen and oxygen atoms in total. The predicted molar refractivity (Wildman–Crippen MR) is 52.8 cm³/mol. The van der Waals surface area contributed by atoms with Gasteiger partial charge in [0.25, 0.3) is 6.47 Å². The third-order valence-electron chi connectivity index (χ3n) is 1.80. The number of hydrogen-bond acceptors (Lipinski definition) is 6. The number of aromatic nitrogens is 5. The molecule has 16 heavy (non-hydrogen) atoms. The molecule has 2 aromatic rings. The lowest BCUT2D eigenvalue weighted by Gasteiger charge is -2.04. The Morgan fingerprint density at radius 1 is 1.56 bits per heavy atom. The summed E-state index contributed by atoms with van der Waals surface area (Å²) in [5.41, 5.74) is 1.11. The van der Waals surface area contributed by atoms with Crippen LogP contribution in [0.3, 0.4) is 0 Å². The second kappa shape index (κ2) is 4.67. The monoisotopic (exact) mass is 239 g/mol. The zero-order chi connectivity index (χ0) is 11.4. The summed E-state index contributed by atoms with van der Waals surface area (Å²) in [4.78, 5) is 14.1. The van der Waals surface area contributed by atoms with Crippen LogP contribution in [0, 0.1) is 0 Å². The highest BCUT2D eigenvalue weighted by atomic mass is 35.5. The van der Waals surface area contributed by atoms with Crippen molar-refractivity contribution in [2.24, 2.45) is 0 Å². The van der Waals surface area contributed by atoms with Crippen LogP contribution in [0.15, 0.2) is 18.6 Å². The van der Waals surface area contributed by atoms with Crippen molar-refractivity contribution >= 4 is 18.1 Å². The highest BCUT2D eigenvalue weighted by Crippen LogP contribution is 2.17. The van der Waals surface area contributed by atoms with E-state index in [1.807, 2.05) is 0 Å². The van der Waals surface area contributed by atoms with Gasteiger partial charge < -0.3 is 4.74 Å². The van der Waals surface area contributed by atoms with Crippen LogP contribution in [-0.4, -0.2) is 31.7 Å². The first-order chi connectivity index (χ1) is 7.81. The molecule has 0 saturated heterocycles. The minimum atomic E-state index is 0.0399. The summed E-state index contributed by atoms with van der Waals surface area (Å²) in [6.45, 7) is 0.380. The standard InChI is InChI=1S/C8H6ClN5O2/c9-7-1-6(14-4-11-12-13-14)2-10-8(7)3-16-5-15/h1-2,4-5H,3H2. The lowest BCUT2D eigenvalue weighted by atomic mass is 10.3. The molecule has 8 heteroatoms. The Morgan fingerprint density at radius 3 is 3.06 bits per heavy atom. The quantitative estimate of drug-likeness (QED) is 0.718. The van der Waals surface area contributed by atoms with E-state index in [-0.39, 0.29) is 6.61 Å². The molecule has 0 saturated carbocycles. The fourth-order valence-corrected chi connectivity index (χ4v) is 1.30. The molecule has 0 aliphatic rings.